The van der Waals surface area contributed by atoms with Gasteiger partial charge < -0.3 is 5.11 Å². The molecular formula is C27H24O5S. The van der Waals surface area contributed by atoms with E-state index in [1.165, 1.54) is 12.1 Å². The first-order valence-electron chi connectivity index (χ1n) is 10.2. The fourth-order valence-corrected chi connectivity index (χ4v) is 4.13. The van der Waals surface area contributed by atoms with Crippen molar-refractivity contribution in [3.8, 4) is 0 Å². The number of hydrogen-bond donors (Lipinski definition) is 2. The lowest BCUT2D eigenvalue weighted by atomic mass is 9.69. The van der Waals surface area contributed by atoms with Crippen LogP contribution in [-0.2, 0) is 20.3 Å². The first-order valence-corrected chi connectivity index (χ1v) is 11.6. The van der Waals surface area contributed by atoms with Gasteiger partial charge >= 0.3 is 5.97 Å². The van der Waals surface area contributed by atoms with Crippen molar-refractivity contribution in [3.63, 3.8) is 0 Å². The predicted molar refractivity (Wildman–Crippen MR) is 128 cm³/mol. The smallest absolute Gasteiger partial charge is 0.323 e. The Morgan fingerprint density at radius 2 is 0.970 bits per heavy atom. The zero-order valence-corrected chi connectivity index (χ0v) is 18.8. The van der Waals surface area contributed by atoms with Gasteiger partial charge in [0.15, 0.2) is 0 Å². The van der Waals surface area contributed by atoms with Crippen LogP contribution in [0.5, 0.6) is 0 Å². The summed E-state index contributed by atoms with van der Waals surface area (Å²) in [4.78, 5) is 12.4. The van der Waals surface area contributed by atoms with Gasteiger partial charge in [0, 0.05) is 0 Å². The minimum absolute atomic E-state index is 0.0666. The number of carboxylic acids is 1. The third kappa shape index (κ3) is 5.37. The SMILES string of the molecule is Cc1ccc(S(=O)(=O)O)cc1.O=C(O)C(c1ccccc1)(c1ccccc1)c1ccccc1. The molecule has 0 saturated heterocycles. The van der Waals surface area contributed by atoms with E-state index in [0.29, 0.717) is 0 Å². The maximum atomic E-state index is 12.4. The quantitative estimate of drug-likeness (QED) is 0.310. The summed E-state index contributed by atoms with van der Waals surface area (Å²) < 4.78 is 29.6. The molecule has 2 N–H and O–H groups in total. The van der Waals surface area contributed by atoms with Crippen LogP contribution in [0, 0.1) is 6.92 Å². The second kappa shape index (κ2) is 10.3. The zero-order chi connectivity index (χ0) is 23.9. The Hall–Kier alpha value is -3.74. The van der Waals surface area contributed by atoms with Crippen LogP contribution >= 0.6 is 0 Å². The normalized spacial score (nSPS) is 11.2. The number of carboxylic acid groups (broad SMARTS) is 1. The lowest BCUT2D eigenvalue weighted by molar-refractivity contribution is -0.140. The molecule has 5 nitrogen and oxygen atoms in total. The highest BCUT2D eigenvalue weighted by molar-refractivity contribution is 7.85. The third-order valence-electron chi connectivity index (χ3n) is 5.26. The molecule has 0 bridgehead atoms. The van der Waals surface area contributed by atoms with E-state index >= 15 is 0 Å². The number of aliphatic carboxylic acids is 1. The van der Waals surface area contributed by atoms with Gasteiger partial charge in [-0.25, -0.2) is 0 Å². The van der Waals surface area contributed by atoms with Crippen LogP contribution in [0.25, 0.3) is 0 Å². The topological polar surface area (TPSA) is 91.7 Å². The Morgan fingerprint density at radius 1 is 0.636 bits per heavy atom. The summed E-state index contributed by atoms with van der Waals surface area (Å²) >= 11 is 0. The van der Waals surface area contributed by atoms with Gasteiger partial charge in [0.05, 0.1) is 4.90 Å². The zero-order valence-electron chi connectivity index (χ0n) is 18.0. The molecule has 0 fully saturated rings. The minimum atomic E-state index is -4.02. The molecule has 4 rings (SSSR count). The molecule has 33 heavy (non-hydrogen) atoms. The summed E-state index contributed by atoms with van der Waals surface area (Å²) in [5.41, 5.74) is 2.00. The fraction of sp³-hybridized carbons (Fsp3) is 0.0741. The van der Waals surface area contributed by atoms with Crippen LogP contribution < -0.4 is 0 Å². The molecule has 0 saturated carbocycles. The third-order valence-corrected chi connectivity index (χ3v) is 6.13. The number of hydrogen-bond acceptors (Lipinski definition) is 3. The highest BCUT2D eigenvalue weighted by atomic mass is 32.2. The Balaban J connectivity index is 0.000000235. The number of aryl methyl sites for hydroxylation is 1. The molecule has 0 aliphatic carbocycles. The molecule has 0 spiro atoms. The van der Waals surface area contributed by atoms with Gasteiger partial charge in [-0.2, -0.15) is 8.42 Å². The Labute approximate surface area is 193 Å². The van der Waals surface area contributed by atoms with Crippen LogP contribution in [0.3, 0.4) is 0 Å². The maximum absolute atomic E-state index is 12.4. The molecular weight excluding hydrogens is 436 g/mol. The first-order chi connectivity index (χ1) is 15.8. The van der Waals surface area contributed by atoms with Crippen LogP contribution in [0.2, 0.25) is 0 Å². The van der Waals surface area contributed by atoms with Gasteiger partial charge in [-0.1, -0.05) is 109 Å². The molecule has 168 valence electrons. The number of rotatable bonds is 5. The van der Waals surface area contributed by atoms with Crippen molar-refractivity contribution < 1.29 is 22.9 Å². The van der Waals surface area contributed by atoms with Crippen LogP contribution in [-0.4, -0.2) is 24.0 Å². The highest BCUT2D eigenvalue weighted by Crippen LogP contribution is 2.39. The van der Waals surface area contributed by atoms with E-state index in [-0.39, 0.29) is 4.90 Å². The molecule has 0 aliphatic rings. The molecule has 0 radical (unpaired) electrons. The van der Waals surface area contributed by atoms with E-state index < -0.39 is 21.5 Å². The Bertz CT molecular complexity index is 1190. The van der Waals surface area contributed by atoms with Gasteiger partial charge in [0.1, 0.15) is 5.41 Å². The van der Waals surface area contributed by atoms with Crippen molar-refractivity contribution in [1.29, 1.82) is 0 Å². The minimum Gasteiger partial charge on any atom is -0.480 e. The lowest BCUT2D eigenvalue weighted by Gasteiger charge is -2.31. The van der Waals surface area contributed by atoms with Crippen molar-refractivity contribution in [2.24, 2.45) is 0 Å². The second-order valence-corrected chi connectivity index (χ2v) is 8.86. The van der Waals surface area contributed by atoms with Crippen LogP contribution in [0.1, 0.15) is 22.3 Å². The summed E-state index contributed by atoms with van der Waals surface area (Å²) in [5.74, 6) is -0.879. The number of carbonyl (C=O) groups is 1. The summed E-state index contributed by atoms with van der Waals surface area (Å²) in [5, 5.41) is 10.2. The lowest BCUT2D eigenvalue weighted by Crippen LogP contribution is -2.38. The summed E-state index contributed by atoms with van der Waals surface area (Å²) in [6, 6.07) is 34.1. The summed E-state index contributed by atoms with van der Waals surface area (Å²) in [6.07, 6.45) is 0. The Kier molecular flexibility index (Phi) is 7.43. The van der Waals surface area contributed by atoms with E-state index in [9.17, 15) is 18.3 Å². The van der Waals surface area contributed by atoms with Gasteiger partial charge in [-0.15, -0.1) is 0 Å². The summed E-state index contributed by atoms with van der Waals surface area (Å²) in [6.45, 7) is 1.84. The van der Waals surface area contributed by atoms with E-state index in [4.69, 9.17) is 4.55 Å². The van der Waals surface area contributed by atoms with Gasteiger partial charge in [-0.05, 0) is 35.7 Å². The largest absolute Gasteiger partial charge is 0.480 e. The van der Waals surface area contributed by atoms with Crippen LogP contribution in [0.4, 0.5) is 0 Å². The molecule has 0 unspecified atom stereocenters. The monoisotopic (exact) mass is 460 g/mol. The van der Waals surface area contributed by atoms with E-state index in [1.54, 1.807) is 12.1 Å². The molecule has 0 atom stereocenters. The molecule has 0 aromatic heterocycles. The van der Waals surface area contributed by atoms with E-state index in [0.717, 1.165) is 22.3 Å². The van der Waals surface area contributed by atoms with Crippen molar-refractivity contribution in [2.45, 2.75) is 17.2 Å². The van der Waals surface area contributed by atoms with Crippen molar-refractivity contribution in [1.82, 2.24) is 0 Å². The molecule has 0 heterocycles. The van der Waals surface area contributed by atoms with Crippen molar-refractivity contribution in [3.05, 3.63) is 138 Å². The van der Waals surface area contributed by atoms with Gasteiger partial charge in [-0.3, -0.25) is 9.35 Å². The molecule has 6 heteroatoms. The standard InChI is InChI=1S/C20H16O2.C7H8O3S/c21-19(22)20(16-10-4-1-5-11-16,17-12-6-2-7-13-17)18-14-8-3-9-15-18;1-6-2-4-7(5-3-6)11(8,9)10/h1-15H,(H,21,22);2-5H,1H3,(H,8,9,10). The fourth-order valence-electron chi connectivity index (χ4n) is 3.65. The molecule has 0 amide bonds. The van der Waals surface area contributed by atoms with E-state index in [2.05, 4.69) is 0 Å². The van der Waals surface area contributed by atoms with Crippen molar-refractivity contribution >= 4 is 16.1 Å². The Morgan fingerprint density at radius 3 is 1.24 bits per heavy atom. The number of benzene rings is 4. The molecule has 4 aromatic rings. The molecule has 4 aromatic carbocycles. The second-order valence-electron chi connectivity index (χ2n) is 7.44. The predicted octanol–water partition coefficient (Wildman–Crippen LogP) is 5.35. The average molecular weight is 461 g/mol. The van der Waals surface area contributed by atoms with Crippen molar-refractivity contribution in [2.75, 3.05) is 0 Å². The first kappa shape index (κ1) is 23.9. The molecule has 0 aliphatic heterocycles. The van der Waals surface area contributed by atoms with Crippen LogP contribution in [0.15, 0.2) is 120 Å². The average Bonchev–Trinajstić information content (AvgIpc) is 2.82. The highest BCUT2D eigenvalue weighted by Gasteiger charge is 2.43. The summed E-state index contributed by atoms with van der Waals surface area (Å²) in [7, 11) is -4.02. The maximum Gasteiger partial charge on any atom is 0.323 e. The van der Waals surface area contributed by atoms with Gasteiger partial charge in [0.25, 0.3) is 10.1 Å². The van der Waals surface area contributed by atoms with Gasteiger partial charge in [0.2, 0.25) is 0 Å². The van der Waals surface area contributed by atoms with E-state index in [1.807, 2.05) is 97.9 Å².